The number of nitrogens with one attached hydrogen (secondary N) is 1. The Morgan fingerprint density at radius 1 is 1.00 bits per heavy atom. The minimum atomic E-state index is 0.0319. The molecule has 0 amide bonds. The highest BCUT2D eigenvalue weighted by Crippen LogP contribution is 2.36. The third-order valence-electron chi connectivity index (χ3n) is 4.47. The van der Waals surface area contributed by atoms with Crippen molar-refractivity contribution in [3.8, 4) is 11.1 Å². The Hall–Kier alpha value is -2.76. The Morgan fingerprint density at radius 3 is 2.54 bits per heavy atom. The summed E-state index contributed by atoms with van der Waals surface area (Å²) in [6.07, 6.45) is 1.60. The monoisotopic (exact) mass is 361 g/mol. The first-order valence-electron chi connectivity index (χ1n) is 8.47. The molecular formula is C21H19N3OS. The summed E-state index contributed by atoms with van der Waals surface area (Å²) < 4.78 is 0. The van der Waals surface area contributed by atoms with Gasteiger partial charge in [0.25, 0.3) is 0 Å². The summed E-state index contributed by atoms with van der Waals surface area (Å²) in [4.78, 5) is 9.86. The second-order valence-electron chi connectivity index (χ2n) is 6.20. The van der Waals surface area contributed by atoms with Gasteiger partial charge in [-0.05, 0) is 23.6 Å². The first-order chi connectivity index (χ1) is 12.8. The molecule has 0 fully saturated rings. The van der Waals surface area contributed by atoms with Crippen molar-refractivity contribution in [2.75, 3.05) is 5.32 Å². The number of aliphatic hydroxyl groups is 1. The van der Waals surface area contributed by atoms with Crippen LogP contribution in [0, 0.1) is 6.92 Å². The van der Waals surface area contributed by atoms with Crippen molar-refractivity contribution in [3.63, 3.8) is 0 Å². The quantitative estimate of drug-likeness (QED) is 0.537. The van der Waals surface area contributed by atoms with Gasteiger partial charge in [-0.1, -0.05) is 54.1 Å². The average molecular weight is 361 g/mol. The third kappa shape index (κ3) is 3.19. The van der Waals surface area contributed by atoms with Crippen LogP contribution in [0.3, 0.4) is 0 Å². The number of aryl methyl sites for hydroxylation is 1. The number of aliphatic hydroxyl groups excluding tert-OH is 1. The molecule has 130 valence electrons. The molecule has 0 atom stereocenters. The van der Waals surface area contributed by atoms with Crippen molar-refractivity contribution in [1.82, 2.24) is 9.97 Å². The third-order valence-corrected chi connectivity index (χ3v) is 5.35. The first-order valence-corrected chi connectivity index (χ1v) is 9.35. The molecule has 2 N–H and O–H groups in total. The van der Waals surface area contributed by atoms with E-state index in [0.717, 1.165) is 38.3 Å². The lowest BCUT2D eigenvalue weighted by atomic mass is 10.0. The molecule has 0 bridgehead atoms. The van der Waals surface area contributed by atoms with E-state index in [-0.39, 0.29) is 6.61 Å². The normalized spacial score (nSPS) is 11.0. The van der Waals surface area contributed by atoms with Gasteiger partial charge in [0.1, 0.15) is 17.0 Å². The fraction of sp³-hybridized carbons (Fsp3) is 0.143. The van der Waals surface area contributed by atoms with Crippen molar-refractivity contribution >= 4 is 27.4 Å². The second-order valence-corrected chi connectivity index (χ2v) is 7.06. The molecule has 4 nitrogen and oxygen atoms in total. The molecule has 2 aromatic carbocycles. The summed E-state index contributed by atoms with van der Waals surface area (Å²) in [6, 6.07) is 16.4. The zero-order chi connectivity index (χ0) is 17.9. The van der Waals surface area contributed by atoms with Crippen molar-refractivity contribution in [2.24, 2.45) is 0 Å². The van der Waals surface area contributed by atoms with Crippen molar-refractivity contribution in [1.29, 1.82) is 0 Å². The minimum absolute atomic E-state index is 0.0319. The van der Waals surface area contributed by atoms with Crippen LogP contribution in [0.2, 0.25) is 0 Å². The largest absolute Gasteiger partial charge is 0.392 e. The van der Waals surface area contributed by atoms with Crippen LogP contribution < -0.4 is 5.32 Å². The smallest absolute Gasteiger partial charge is 0.139 e. The molecule has 2 aromatic heterocycles. The second kappa shape index (κ2) is 7.23. The highest BCUT2D eigenvalue weighted by molar-refractivity contribution is 7.17. The molecule has 0 aliphatic carbocycles. The molecule has 0 saturated carbocycles. The molecule has 0 radical (unpaired) electrons. The van der Waals surface area contributed by atoms with Gasteiger partial charge in [-0.2, -0.15) is 0 Å². The standard InChI is InChI=1S/C21H19N3OS/c1-14-6-8-15(9-7-14)18-12-26-21-19(18)20(23-13-24-21)22-10-16-4-2-3-5-17(16)11-25/h2-9,12-13,25H,10-11H2,1H3,(H,22,23,24). The maximum Gasteiger partial charge on any atom is 0.139 e. The lowest BCUT2D eigenvalue weighted by Crippen LogP contribution is -2.05. The predicted octanol–water partition coefficient (Wildman–Crippen LogP) is 4.77. The van der Waals surface area contributed by atoms with Gasteiger partial charge < -0.3 is 10.4 Å². The minimum Gasteiger partial charge on any atom is -0.392 e. The van der Waals surface area contributed by atoms with Crippen LogP contribution in [0.4, 0.5) is 5.82 Å². The van der Waals surface area contributed by atoms with E-state index < -0.39 is 0 Å². The van der Waals surface area contributed by atoms with E-state index in [1.165, 1.54) is 5.56 Å². The number of aromatic nitrogens is 2. The number of benzene rings is 2. The lowest BCUT2D eigenvalue weighted by Gasteiger charge is -2.11. The number of nitrogens with zero attached hydrogens (tertiary/aromatic N) is 2. The van der Waals surface area contributed by atoms with Crippen LogP contribution in [0.1, 0.15) is 16.7 Å². The molecule has 4 rings (SSSR count). The summed E-state index contributed by atoms with van der Waals surface area (Å²) >= 11 is 1.63. The topological polar surface area (TPSA) is 58.0 Å². The fourth-order valence-electron chi connectivity index (χ4n) is 3.02. The van der Waals surface area contributed by atoms with Gasteiger partial charge in [-0.3, -0.25) is 0 Å². The predicted molar refractivity (Wildman–Crippen MR) is 107 cm³/mol. The number of fused-ring (bicyclic) bond motifs is 1. The maximum absolute atomic E-state index is 9.52. The van der Waals surface area contributed by atoms with E-state index in [4.69, 9.17) is 0 Å². The molecule has 5 heteroatoms. The van der Waals surface area contributed by atoms with Crippen molar-refractivity contribution in [2.45, 2.75) is 20.1 Å². The van der Waals surface area contributed by atoms with Crippen LogP contribution in [-0.2, 0) is 13.2 Å². The summed E-state index contributed by atoms with van der Waals surface area (Å²) in [5.41, 5.74) is 5.53. The van der Waals surface area contributed by atoms with Crippen LogP contribution in [0.15, 0.2) is 60.2 Å². The summed E-state index contributed by atoms with van der Waals surface area (Å²) in [6.45, 7) is 2.72. The Labute approximate surface area is 156 Å². The SMILES string of the molecule is Cc1ccc(-c2csc3ncnc(NCc4ccccc4CO)c23)cc1. The summed E-state index contributed by atoms with van der Waals surface area (Å²) in [5, 5.41) is 16.1. The number of thiophene rings is 1. The van der Waals surface area contributed by atoms with E-state index >= 15 is 0 Å². The molecule has 2 heterocycles. The summed E-state index contributed by atoms with van der Waals surface area (Å²) in [7, 11) is 0. The van der Waals surface area contributed by atoms with Gasteiger partial charge in [-0.25, -0.2) is 9.97 Å². The van der Waals surface area contributed by atoms with Crippen LogP contribution in [0.5, 0.6) is 0 Å². The summed E-state index contributed by atoms with van der Waals surface area (Å²) in [5.74, 6) is 0.819. The Morgan fingerprint density at radius 2 is 1.77 bits per heavy atom. The number of hydrogen-bond donors (Lipinski definition) is 2. The van der Waals surface area contributed by atoms with E-state index in [0.29, 0.717) is 6.54 Å². The molecule has 0 unspecified atom stereocenters. The first kappa shape index (κ1) is 16.7. The zero-order valence-electron chi connectivity index (χ0n) is 14.4. The van der Waals surface area contributed by atoms with E-state index in [9.17, 15) is 5.11 Å². The van der Waals surface area contributed by atoms with Crippen molar-refractivity contribution in [3.05, 3.63) is 76.9 Å². The van der Waals surface area contributed by atoms with Gasteiger partial charge in [-0.15, -0.1) is 11.3 Å². The van der Waals surface area contributed by atoms with E-state index in [1.54, 1.807) is 17.7 Å². The maximum atomic E-state index is 9.52. The highest BCUT2D eigenvalue weighted by Gasteiger charge is 2.13. The van der Waals surface area contributed by atoms with Crippen LogP contribution in [0.25, 0.3) is 21.3 Å². The Bertz CT molecular complexity index is 1040. The number of hydrogen-bond acceptors (Lipinski definition) is 5. The van der Waals surface area contributed by atoms with Gasteiger partial charge in [0.15, 0.2) is 0 Å². The van der Waals surface area contributed by atoms with Crippen LogP contribution in [-0.4, -0.2) is 15.1 Å². The van der Waals surface area contributed by atoms with Gasteiger partial charge in [0, 0.05) is 17.5 Å². The van der Waals surface area contributed by atoms with Crippen LogP contribution >= 0.6 is 11.3 Å². The lowest BCUT2D eigenvalue weighted by molar-refractivity contribution is 0.280. The zero-order valence-corrected chi connectivity index (χ0v) is 15.3. The Balaban J connectivity index is 1.71. The number of rotatable bonds is 5. The molecule has 26 heavy (non-hydrogen) atoms. The fourth-order valence-corrected chi connectivity index (χ4v) is 3.93. The van der Waals surface area contributed by atoms with E-state index in [1.807, 2.05) is 24.3 Å². The molecule has 0 aliphatic rings. The average Bonchev–Trinajstić information content (AvgIpc) is 3.12. The number of anilines is 1. The van der Waals surface area contributed by atoms with Crippen molar-refractivity contribution < 1.29 is 5.11 Å². The molecular weight excluding hydrogens is 342 g/mol. The highest BCUT2D eigenvalue weighted by atomic mass is 32.1. The van der Waals surface area contributed by atoms with Gasteiger partial charge in [0.05, 0.1) is 12.0 Å². The molecule has 0 spiro atoms. The van der Waals surface area contributed by atoms with Gasteiger partial charge in [0.2, 0.25) is 0 Å². The molecule has 0 aliphatic heterocycles. The van der Waals surface area contributed by atoms with Gasteiger partial charge >= 0.3 is 0 Å². The molecule has 4 aromatic rings. The van der Waals surface area contributed by atoms with E-state index in [2.05, 4.69) is 51.9 Å². The molecule has 0 saturated heterocycles. The Kier molecular flexibility index (Phi) is 4.65.